The molecule has 0 atom stereocenters. The largest absolute Gasteiger partial charge is 0.338 e. The lowest BCUT2D eigenvalue weighted by atomic mass is 10.1. The fourth-order valence-electron chi connectivity index (χ4n) is 2.07. The van der Waals surface area contributed by atoms with Crippen molar-refractivity contribution in [1.82, 2.24) is 14.9 Å². The second kappa shape index (κ2) is 4.94. The normalized spacial score (nSPS) is 14.9. The topological polar surface area (TPSA) is 29.9 Å². The first-order valence-electron chi connectivity index (χ1n) is 6.58. The lowest BCUT2D eigenvalue weighted by Gasteiger charge is -2.05. The van der Waals surface area contributed by atoms with Crippen LogP contribution in [0.25, 0.3) is 0 Å². The van der Waals surface area contributed by atoms with Gasteiger partial charge < -0.3 is 9.88 Å². The van der Waals surface area contributed by atoms with E-state index in [2.05, 4.69) is 39.1 Å². The number of nitrogens with zero attached hydrogens (tertiary/aromatic N) is 2. The highest BCUT2D eigenvalue weighted by molar-refractivity contribution is 5.25. The summed E-state index contributed by atoms with van der Waals surface area (Å²) in [5.74, 6) is 1.11. The zero-order valence-electron chi connectivity index (χ0n) is 10.8. The van der Waals surface area contributed by atoms with Gasteiger partial charge in [0, 0.05) is 38.4 Å². The summed E-state index contributed by atoms with van der Waals surface area (Å²) < 4.78 is 2.07. The van der Waals surface area contributed by atoms with Crippen molar-refractivity contribution in [2.45, 2.75) is 31.8 Å². The summed E-state index contributed by atoms with van der Waals surface area (Å²) in [6.45, 7) is 0.993. The average Bonchev–Trinajstić information content (AvgIpc) is 3.13. The van der Waals surface area contributed by atoms with Gasteiger partial charge in [0.25, 0.3) is 0 Å². The Morgan fingerprint density at radius 3 is 2.56 bits per heavy atom. The molecule has 0 unspecified atom stereocenters. The van der Waals surface area contributed by atoms with Crippen molar-refractivity contribution >= 4 is 0 Å². The van der Waals surface area contributed by atoms with Gasteiger partial charge in [0.15, 0.2) is 0 Å². The van der Waals surface area contributed by atoms with E-state index in [-0.39, 0.29) is 0 Å². The second-order valence-electron chi connectivity index (χ2n) is 5.10. The number of hydrogen-bond donors (Lipinski definition) is 1. The van der Waals surface area contributed by atoms with Crippen molar-refractivity contribution in [3.05, 3.63) is 53.6 Å². The predicted molar refractivity (Wildman–Crippen MR) is 72.3 cm³/mol. The Morgan fingerprint density at radius 1 is 1.22 bits per heavy atom. The van der Waals surface area contributed by atoms with E-state index in [0.717, 1.165) is 24.8 Å². The molecular weight excluding hydrogens is 222 g/mol. The maximum absolute atomic E-state index is 4.35. The monoisotopic (exact) mass is 241 g/mol. The fraction of sp³-hybridized carbons (Fsp3) is 0.400. The number of benzene rings is 1. The van der Waals surface area contributed by atoms with Crippen molar-refractivity contribution < 1.29 is 0 Å². The van der Waals surface area contributed by atoms with Crippen LogP contribution in [0.15, 0.2) is 36.7 Å². The molecule has 3 rings (SSSR count). The first-order valence-corrected chi connectivity index (χ1v) is 6.58. The minimum absolute atomic E-state index is 0.775. The third-order valence-electron chi connectivity index (χ3n) is 3.48. The molecule has 0 bridgehead atoms. The number of aryl methyl sites for hydroxylation is 1. The number of imidazole rings is 1. The number of rotatable bonds is 5. The van der Waals surface area contributed by atoms with Crippen LogP contribution in [0.1, 0.15) is 29.8 Å². The van der Waals surface area contributed by atoms with Gasteiger partial charge in [-0.3, -0.25) is 0 Å². The lowest BCUT2D eigenvalue weighted by Crippen LogP contribution is -2.15. The molecule has 18 heavy (non-hydrogen) atoms. The van der Waals surface area contributed by atoms with E-state index < -0.39 is 0 Å². The van der Waals surface area contributed by atoms with E-state index in [1.54, 1.807) is 0 Å². The van der Waals surface area contributed by atoms with Crippen LogP contribution in [-0.2, 0) is 20.0 Å². The van der Waals surface area contributed by atoms with Crippen molar-refractivity contribution in [3.8, 4) is 0 Å². The molecule has 0 spiro atoms. The van der Waals surface area contributed by atoms with Crippen molar-refractivity contribution in [3.63, 3.8) is 0 Å². The molecule has 1 fully saturated rings. The zero-order valence-corrected chi connectivity index (χ0v) is 10.8. The number of hydrogen-bond acceptors (Lipinski definition) is 2. The summed E-state index contributed by atoms with van der Waals surface area (Å²) in [5.41, 5.74) is 2.69. The summed E-state index contributed by atoms with van der Waals surface area (Å²) in [6.07, 6.45) is 7.43. The fourth-order valence-corrected chi connectivity index (χ4v) is 2.07. The summed E-state index contributed by atoms with van der Waals surface area (Å²) in [7, 11) is 2.04. The van der Waals surface area contributed by atoms with Crippen molar-refractivity contribution in [1.29, 1.82) is 0 Å². The second-order valence-corrected chi connectivity index (χ2v) is 5.10. The van der Waals surface area contributed by atoms with Gasteiger partial charge in [-0.2, -0.15) is 0 Å². The third-order valence-corrected chi connectivity index (χ3v) is 3.48. The molecule has 94 valence electrons. The highest BCUT2D eigenvalue weighted by Gasteiger charge is 2.19. The summed E-state index contributed by atoms with van der Waals surface area (Å²) in [6, 6.07) is 9.62. The zero-order chi connectivity index (χ0) is 12.4. The van der Waals surface area contributed by atoms with Gasteiger partial charge in [-0.05, 0) is 24.0 Å². The molecule has 1 N–H and O–H groups in total. The van der Waals surface area contributed by atoms with Crippen LogP contribution >= 0.6 is 0 Å². The van der Waals surface area contributed by atoms with Gasteiger partial charge in [-0.1, -0.05) is 24.3 Å². The van der Waals surface area contributed by atoms with Crippen LogP contribution in [0.5, 0.6) is 0 Å². The molecule has 0 radical (unpaired) electrons. The summed E-state index contributed by atoms with van der Waals surface area (Å²) in [4.78, 5) is 4.35. The highest BCUT2D eigenvalue weighted by Crippen LogP contribution is 2.19. The molecule has 1 heterocycles. The minimum Gasteiger partial charge on any atom is -0.338 e. The molecule has 3 nitrogen and oxygen atoms in total. The molecule has 1 aromatic heterocycles. The summed E-state index contributed by atoms with van der Waals surface area (Å²) in [5, 5.41) is 3.53. The smallest absolute Gasteiger partial charge is 0.112 e. The van der Waals surface area contributed by atoms with Crippen LogP contribution in [0.2, 0.25) is 0 Å². The molecule has 3 heteroatoms. The molecule has 1 saturated carbocycles. The van der Waals surface area contributed by atoms with E-state index in [1.807, 2.05) is 19.4 Å². The predicted octanol–water partition coefficient (Wildman–Crippen LogP) is 2.26. The Kier molecular flexibility index (Phi) is 3.15. The van der Waals surface area contributed by atoms with Crippen LogP contribution in [0, 0.1) is 0 Å². The first kappa shape index (κ1) is 11.5. The standard InChI is InChI=1S/C15H19N3/c1-18-9-8-16-15(18)10-12-2-4-13(5-3-12)11-17-14-6-7-14/h2-5,8-9,14,17H,6-7,10-11H2,1H3. The van der Waals surface area contributed by atoms with Gasteiger partial charge in [-0.25, -0.2) is 4.98 Å². The molecule has 2 aromatic rings. The Bertz CT molecular complexity index is 509. The first-order chi connectivity index (χ1) is 8.81. The maximum Gasteiger partial charge on any atom is 0.112 e. The van der Waals surface area contributed by atoms with Gasteiger partial charge in [0.05, 0.1) is 0 Å². The molecule has 0 amide bonds. The van der Waals surface area contributed by atoms with Crippen LogP contribution < -0.4 is 5.32 Å². The number of aromatic nitrogens is 2. The maximum atomic E-state index is 4.35. The third kappa shape index (κ3) is 2.79. The van der Waals surface area contributed by atoms with E-state index in [1.165, 1.54) is 24.0 Å². The van der Waals surface area contributed by atoms with Gasteiger partial charge in [0.1, 0.15) is 5.82 Å². The Labute approximate surface area is 108 Å². The molecule has 1 aliphatic rings. The van der Waals surface area contributed by atoms with E-state index in [9.17, 15) is 0 Å². The summed E-state index contributed by atoms with van der Waals surface area (Å²) >= 11 is 0. The van der Waals surface area contributed by atoms with E-state index in [0.29, 0.717) is 0 Å². The molecule has 0 aliphatic heterocycles. The molecule has 1 aliphatic carbocycles. The Balaban J connectivity index is 1.61. The van der Waals surface area contributed by atoms with E-state index >= 15 is 0 Å². The molecular formula is C15H19N3. The SMILES string of the molecule is Cn1ccnc1Cc1ccc(CNC2CC2)cc1. The van der Waals surface area contributed by atoms with E-state index in [4.69, 9.17) is 0 Å². The minimum atomic E-state index is 0.775. The van der Waals surface area contributed by atoms with Crippen LogP contribution in [0.4, 0.5) is 0 Å². The van der Waals surface area contributed by atoms with Gasteiger partial charge in [-0.15, -0.1) is 0 Å². The van der Waals surface area contributed by atoms with Crippen LogP contribution in [-0.4, -0.2) is 15.6 Å². The lowest BCUT2D eigenvalue weighted by molar-refractivity contribution is 0.687. The van der Waals surface area contributed by atoms with Gasteiger partial charge in [0.2, 0.25) is 0 Å². The quantitative estimate of drug-likeness (QED) is 0.870. The number of nitrogens with one attached hydrogen (secondary N) is 1. The van der Waals surface area contributed by atoms with Crippen LogP contribution in [0.3, 0.4) is 0 Å². The molecule has 0 saturated heterocycles. The highest BCUT2D eigenvalue weighted by atomic mass is 15.0. The Hall–Kier alpha value is -1.61. The van der Waals surface area contributed by atoms with Crippen molar-refractivity contribution in [2.24, 2.45) is 7.05 Å². The Morgan fingerprint density at radius 2 is 1.94 bits per heavy atom. The van der Waals surface area contributed by atoms with Gasteiger partial charge >= 0.3 is 0 Å². The molecule has 1 aromatic carbocycles. The average molecular weight is 241 g/mol. The van der Waals surface area contributed by atoms with Crippen molar-refractivity contribution in [2.75, 3.05) is 0 Å².